The molecule has 0 amide bonds. The predicted molar refractivity (Wildman–Crippen MR) is 122 cm³/mol. The molecule has 8 nitrogen and oxygen atoms in total. The van der Waals surface area contributed by atoms with E-state index in [4.69, 9.17) is 14.0 Å². The standard InChI is InChI=1S/C22H31BN4O4/c1-8-11-24-18-14(2)13-25-20(27-18)26-15-9-10-17(16(12-15)19(28)29-7)23-30-21(3,4)22(5,6)31-23/h9-10,12-13H,8,11H2,1-7H3,(H2,24,25,26,27). The number of ether oxygens (including phenoxy) is 1. The number of hydrogen-bond donors (Lipinski definition) is 2. The zero-order valence-corrected chi connectivity index (χ0v) is 19.3. The maximum absolute atomic E-state index is 12.5. The number of benzene rings is 1. The molecule has 1 aliphatic rings. The molecule has 3 rings (SSSR count). The molecule has 9 heteroatoms. The molecular weight excluding hydrogens is 395 g/mol. The number of hydrogen-bond acceptors (Lipinski definition) is 8. The van der Waals surface area contributed by atoms with Gasteiger partial charge in [-0.2, -0.15) is 4.98 Å². The monoisotopic (exact) mass is 426 g/mol. The summed E-state index contributed by atoms with van der Waals surface area (Å²) in [6.45, 7) is 12.8. The Hall–Kier alpha value is -2.65. The average Bonchev–Trinajstić information content (AvgIpc) is 2.94. The van der Waals surface area contributed by atoms with E-state index in [1.165, 1.54) is 7.11 Å². The quantitative estimate of drug-likeness (QED) is 0.514. The van der Waals surface area contributed by atoms with Gasteiger partial charge in [0, 0.05) is 24.0 Å². The third-order valence-electron chi connectivity index (χ3n) is 5.74. The second-order valence-electron chi connectivity index (χ2n) is 8.66. The van der Waals surface area contributed by atoms with E-state index in [1.54, 1.807) is 18.3 Å². The van der Waals surface area contributed by atoms with Gasteiger partial charge in [-0.05, 0) is 58.6 Å². The number of carbonyl (C=O) groups is 1. The maximum atomic E-state index is 12.5. The summed E-state index contributed by atoms with van der Waals surface area (Å²) in [6.07, 6.45) is 2.75. The van der Waals surface area contributed by atoms with Crippen LogP contribution in [0.2, 0.25) is 0 Å². The highest BCUT2D eigenvalue weighted by Gasteiger charge is 2.52. The van der Waals surface area contributed by atoms with E-state index < -0.39 is 24.3 Å². The van der Waals surface area contributed by atoms with Crippen molar-refractivity contribution >= 4 is 36.0 Å². The molecule has 1 saturated heterocycles. The van der Waals surface area contributed by atoms with Crippen LogP contribution in [0.3, 0.4) is 0 Å². The van der Waals surface area contributed by atoms with Crippen LogP contribution in [0, 0.1) is 6.92 Å². The fourth-order valence-electron chi connectivity index (χ4n) is 3.15. The number of nitrogens with zero attached hydrogens (tertiary/aromatic N) is 2. The highest BCUT2D eigenvalue weighted by atomic mass is 16.7. The number of aryl methyl sites for hydroxylation is 1. The van der Waals surface area contributed by atoms with E-state index in [1.807, 2.05) is 40.7 Å². The van der Waals surface area contributed by atoms with Crippen molar-refractivity contribution in [1.29, 1.82) is 0 Å². The lowest BCUT2D eigenvalue weighted by Crippen LogP contribution is -2.41. The minimum Gasteiger partial charge on any atom is -0.465 e. The molecule has 166 valence electrons. The van der Waals surface area contributed by atoms with Gasteiger partial charge in [-0.25, -0.2) is 9.78 Å². The number of aromatic nitrogens is 2. The molecule has 0 unspecified atom stereocenters. The lowest BCUT2D eigenvalue weighted by Gasteiger charge is -2.32. The fourth-order valence-corrected chi connectivity index (χ4v) is 3.15. The SMILES string of the molecule is CCCNc1nc(Nc2ccc(B3OC(C)(C)C(C)(C)O3)c(C(=O)OC)c2)ncc1C. The van der Waals surface area contributed by atoms with Crippen LogP contribution in [-0.4, -0.2) is 47.9 Å². The zero-order valence-electron chi connectivity index (χ0n) is 19.3. The molecule has 0 saturated carbocycles. The number of methoxy groups -OCH3 is 1. The fraction of sp³-hybridized carbons (Fsp3) is 0.500. The first-order valence-corrected chi connectivity index (χ1v) is 10.5. The van der Waals surface area contributed by atoms with Crippen LogP contribution < -0.4 is 16.1 Å². The first-order chi connectivity index (χ1) is 14.6. The average molecular weight is 426 g/mol. The molecule has 1 aromatic carbocycles. The molecular formula is C22H31BN4O4. The summed E-state index contributed by atoms with van der Waals surface area (Å²) < 4.78 is 17.3. The van der Waals surface area contributed by atoms with Gasteiger partial charge in [0.05, 0.1) is 23.9 Å². The Morgan fingerprint density at radius 3 is 2.48 bits per heavy atom. The van der Waals surface area contributed by atoms with Crippen molar-refractivity contribution in [3.8, 4) is 0 Å². The summed E-state index contributed by atoms with van der Waals surface area (Å²) in [5.74, 6) is 0.744. The van der Waals surface area contributed by atoms with Gasteiger partial charge in [-0.15, -0.1) is 0 Å². The molecule has 1 fully saturated rings. The molecule has 0 bridgehead atoms. The Bertz CT molecular complexity index is 949. The maximum Gasteiger partial charge on any atom is 0.495 e. The van der Waals surface area contributed by atoms with Crippen LogP contribution >= 0.6 is 0 Å². The van der Waals surface area contributed by atoms with Gasteiger partial charge in [0.1, 0.15) is 5.82 Å². The topological polar surface area (TPSA) is 94.6 Å². The number of nitrogens with one attached hydrogen (secondary N) is 2. The molecule has 2 aromatic rings. The van der Waals surface area contributed by atoms with Gasteiger partial charge in [0.25, 0.3) is 0 Å². The molecule has 31 heavy (non-hydrogen) atoms. The number of rotatable bonds is 7. The largest absolute Gasteiger partial charge is 0.495 e. The van der Waals surface area contributed by atoms with Crippen molar-refractivity contribution in [2.75, 3.05) is 24.3 Å². The van der Waals surface area contributed by atoms with Crippen molar-refractivity contribution in [1.82, 2.24) is 9.97 Å². The predicted octanol–water partition coefficient (Wildman–Crippen LogP) is 3.44. The highest BCUT2D eigenvalue weighted by Crippen LogP contribution is 2.37. The second-order valence-corrected chi connectivity index (χ2v) is 8.66. The van der Waals surface area contributed by atoms with Gasteiger partial charge >= 0.3 is 13.1 Å². The molecule has 1 aliphatic heterocycles. The molecule has 2 N–H and O–H groups in total. The second kappa shape index (κ2) is 8.84. The lowest BCUT2D eigenvalue weighted by atomic mass is 9.75. The van der Waals surface area contributed by atoms with Crippen molar-refractivity contribution < 1.29 is 18.8 Å². The van der Waals surface area contributed by atoms with Crippen LogP contribution in [-0.2, 0) is 14.0 Å². The normalized spacial score (nSPS) is 16.8. The Balaban J connectivity index is 1.90. The molecule has 0 radical (unpaired) electrons. The number of esters is 1. The molecule has 2 heterocycles. The van der Waals surface area contributed by atoms with Crippen molar-refractivity contribution in [3.05, 3.63) is 35.5 Å². The van der Waals surface area contributed by atoms with Gasteiger partial charge < -0.3 is 24.7 Å². The van der Waals surface area contributed by atoms with Crippen LogP contribution in [0.25, 0.3) is 0 Å². The summed E-state index contributed by atoms with van der Waals surface area (Å²) in [7, 11) is 0.680. The Labute approximate surface area is 184 Å². The minimum atomic E-state index is -0.673. The van der Waals surface area contributed by atoms with Gasteiger partial charge in [-0.3, -0.25) is 0 Å². The minimum absolute atomic E-state index is 0.363. The summed E-state index contributed by atoms with van der Waals surface area (Å²) >= 11 is 0. The Kier molecular flexibility index (Phi) is 6.57. The summed E-state index contributed by atoms with van der Waals surface area (Å²) in [4.78, 5) is 21.4. The van der Waals surface area contributed by atoms with Crippen LogP contribution in [0.4, 0.5) is 17.5 Å². The van der Waals surface area contributed by atoms with E-state index in [9.17, 15) is 4.79 Å². The van der Waals surface area contributed by atoms with Gasteiger partial charge in [0.15, 0.2) is 0 Å². The zero-order chi connectivity index (χ0) is 22.8. The van der Waals surface area contributed by atoms with Gasteiger partial charge in [0.2, 0.25) is 5.95 Å². The summed E-state index contributed by atoms with van der Waals surface area (Å²) in [5, 5.41) is 6.46. The van der Waals surface area contributed by atoms with Gasteiger partial charge in [-0.1, -0.05) is 13.0 Å². The van der Waals surface area contributed by atoms with Crippen molar-refractivity contribution in [2.24, 2.45) is 0 Å². The third-order valence-corrected chi connectivity index (χ3v) is 5.74. The Morgan fingerprint density at radius 1 is 1.19 bits per heavy atom. The number of anilines is 3. The highest BCUT2D eigenvalue weighted by molar-refractivity contribution is 6.63. The first-order valence-electron chi connectivity index (χ1n) is 10.5. The smallest absolute Gasteiger partial charge is 0.465 e. The lowest BCUT2D eigenvalue weighted by molar-refractivity contribution is 0.00578. The van der Waals surface area contributed by atoms with Crippen LogP contribution in [0.5, 0.6) is 0 Å². The van der Waals surface area contributed by atoms with Crippen LogP contribution in [0.15, 0.2) is 24.4 Å². The first kappa shape index (κ1) is 23.0. The summed E-state index contributed by atoms with van der Waals surface area (Å²) in [6, 6.07) is 5.35. The molecule has 0 aliphatic carbocycles. The molecule has 0 spiro atoms. The third kappa shape index (κ3) is 4.83. The van der Waals surface area contributed by atoms with E-state index in [0.29, 0.717) is 22.7 Å². The van der Waals surface area contributed by atoms with Crippen LogP contribution in [0.1, 0.15) is 57.0 Å². The van der Waals surface area contributed by atoms with Crippen molar-refractivity contribution in [3.63, 3.8) is 0 Å². The van der Waals surface area contributed by atoms with E-state index in [0.717, 1.165) is 24.3 Å². The molecule has 0 atom stereocenters. The number of carbonyl (C=O) groups excluding carboxylic acids is 1. The molecule has 1 aromatic heterocycles. The summed E-state index contributed by atoms with van der Waals surface area (Å²) in [5.41, 5.74) is 1.57. The Morgan fingerprint density at radius 2 is 1.87 bits per heavy atom. The van der Waals surface area contributed by atoms with E-state index >= 15 is 0 Å². The van der Waals surface area contributed by atoms with Crippen molar-refractivity contribution in [2.45, 2.75) is 59.2 Å². The van der Waals surface area contributed by atoms with E-state index in [2.05, 4.69) is 27.5 Å². The van der Waals surface area contributed by atoms with E-state index in [-0.39, 0.29) is 0 Å².